The van der Waals surface area contributed by atoms with E-state index in [9.17, 15) is 20.0 Å². The van der Waals surface area contributed by atoms with Crippen molar-refractivity contribution in [2.45, 2.75) is 12.5 Å². The van der Waals surface area contributed by atoms with Gasteiger partial charge in [0, 0.05) is 55.2 Å². The molecule has 2 N–H and O–H groups in total. The van der Waals surface area contributed by atoms with E-state index in [2.05, 4.69) is 28.0 Å². The van der Waals surface area contributed by atoms with Crippen molar-refractivity contribution in [1.82, 2.24) is 24.6 Å². The molecule has 1 saturated heterocycles. The van der Waals surface area contributed by atoms with Gasteiger partial charge in [-0.3, -0.25) is 14.3 Å². The maximum Gasteiger partial charge on any atom is 0.274 e. The average molecular weight is 573 g/mol. The number of anilines is 2. The fourth-order valence-corrected chi connectivity index (χ4v) is 5.54. The van der Waals surface area contributed by atoms with Crippen LogP contribution in [0.5, 0.6) is 5.75 Å². The second-order valence-electron chi connectivity index (χ2n) is 10.3. The van der Waals surface area contributed by atoms with Crippen LogP contribution in [0.3, 0.4) is 0 Å². The first-order valence-corrected chi connectivity index (χ1v) is 13.7. The molecule has 43 heavy (non-hydrogen) atoms. The van der Waals surface area contributed by atoms with Gasteiger partial charge >= 0.3 is 0 Å². The first-order valence-electron chi connectivity index (χ1n) is 13.7. The van der Waals surface area contributed by atoms with Crippen molar-refractivity contribution in [3.05, 3.63) is 85.2 Å². The number of aromatic nitrogens is 4. The summed E-state index contributed by atoms with van der Waals surface area (Å²) < 4.78 is 1.76. The molecule has 1 fully saturated rings. The molecule has 3 heterocycles. The second kappa shape index (κ2) is 11.3. The number of hydrogen-bond acceptors (Lipinski definition) is 8. The van der Waals surface area contributed by atoms with Crippen LogP contribution in [0, 0.1) is 11.3 Å². The number of fused-ring (bicyclic) bond motifs is 2. The van der Waals surface area contributed by atoms with E-state index in [1.54, 1.807) is 27.9 Å². The minimum absolute atomic E-state index is 0.0248. The molecule has 1 aliphatic rings. The van der Waals surface area contributed by atoms with E-state index in [0.29, 0.717) is 42.5 Å². The van der Waals surface area contributed by atoms with Crippen LogP contribution in [-0.2, 0) is 11.8 Å². The van der Waals surface area contributed by atoms with E-state index in [1.807, 2.05) is 54.4 Å². The number of phenolic OH excluding ortho intramolecular Hbond substituents is 1. The SMILES string of the molecule is C=CC(=O)N1CCN(c2cc(C(=O)Nc3cc(O)cc4ccccc34)nc(-c3cccc4c3cnn4C)n2)C[C@@H]1CC#N. The lowest BCUT2D eigenvalue weighted by atomic mass is 10.1. The van der Waals surface area contributed by atoms with E-state index in [-0.39, 0.29) is 29.8 Å². The first kappa shape index (κ1) is 27.4. The molecule has 2 amide bonds. The Balaban J connectivity index is 1.43. The van der Waals surface area contributed by atoms with Crippen molar-refractivity contribution in [1.29, 1.82) is 5.26 Å². The molecule has 1 atom stereocenters. The molecule has 0 spiro atoms. The highest BCUT2D eigenvalue weighted by Gasteiger charge is 2.31. The van der Waals surface area contributed by atoms with Crippen LogP contribution in [0.2, 0.25) is 0 Å². The third-order valence-electron chi connectivity index (χ3n) is 7.66. The molecule has 6 rings (SSSR count). The molecular formula is C32H28N8O3. The number of nitriles is 1. The number of aryl methyl sites for hydroxylation is 1. The number of phenols is 1. The van der Waals surface area contributed by atoms with Crippen molar-refractivity contribution >= 4 is 45.0 Å². The zero-order chi connectivity index (χ0) is 30.1. The van der Waals surface area contributed by atoms with Gasteiger partial charge in [-0.15, -0.1) is 0 Å². The molecule has 0 saturated carbocycles. The second-order valence-corrected chi connectivity index (χ2v) is 10.3. The Kier molecular flexibility index (Phi) is 7.17. The predicted molar refractivity (Wildman–Crippen MR) is 163 cm³/mol. The maximum absolute atomic E-state index is 13.8. The first-order chi connectivity index (χ1) is 20.9. The van der Waals surface area contributed by atoms with Crippen molar-refractivity contribution in [2.24, 2.45) is 7.05 Å². The van der Waals surface area contributed by atoms with Gasteiger partial charge in [-0.25, -0.2) is 9.97 Å². The third kappa shape index (κ3) is 5.22. The number of carbonyl (C=O) groups excluding carboxylic acids is 2. The lowest BCUT2D eigenvalue weighted by Crippen LogP contribution is -2.55. The molecule has 11 nitrogen and oxygen atoms in total. The monoisotopic (exact) mass is 572 g/mol. The zero-order valence-corrected chi connectivity index (χ0v) is 23.4. The number of nitrogens with one attached hydrogen (secondary N) is 1. The smallest absolute Gasteiger partial charge is 0.274 e. The summed E-state index contributed by atoms with van der Waals surface area (Å²) in [5.74, 6) is 0.142. The molecule has 0 bridgehead atoms. The molecule has 0 unspecified atom stereocenters. The van der Waals surface area contributed by atoms with Crippen LogP contribution >= 0.6 is 0 Å². The quantitative estimate of drug-likeness (QED) is 0.288. The molecule has 0 radical (unpaired) electrons. The van der Waals surface area contributed by atoms with Crippen molar-refractivity contribution < 1.29 is 14.7 Å². The highest BCUT2D eigenvalue weighted by Crippen LogP contribution is 2.31. The number of carbonyl (C=O) groups is 2. The Morgan fingerprint density at radius 2 is 1.95 bits per heavy atom. The number of nitrogens with zero attached hydrogens (tertiary/aromatic N) is 7. The molecular weight excluding hydrogens is 544 g/mol. The summed E-state index contributed by atoms with van der Waals surface area (Å²) in [7, 11) is 1.85. The largest absolute Gasteiger partial charge is 0.508 e. The fraction of sp³-hybridized carbons (Fsp3) is 0.188. The molecule has 214 valence electrons. The summed E-state index contributed by atoms with van der Waals surface area (Å²) in [6.45, 7) is 4.74. The summed E-state index contributed by atoms with van der Waals surface area (Å²) in [5.41, 5.74) is 2.16. The van der Waals surface area contributed by atoms with Gasteiger partial charge in [-0.1, -0.05) is 43.0 Å². The third-order valence-corrected chi connectivity index (χ3v) is 7.66. The van der Waals surface area contributed by atoms with Gasteiger partial charge in [0.05, 0.1) is 35.9 Å². The van der Waals surface area contributed by atoms with E-state index in [4.69, 9.17) is 4.98 Å². The molecule has 5 aromatic rings. The molecule has 11 heteroatoms. The lowest BCUT2D eigenvalue weighted by molar-refractivity contribution is -0.128. The van der Waals surface area contributed by atoms with Gasteiger partial charge in [0.1, 0.15) is 17.3 Å². The van der Waals surface area contributed by atoms with E-state index in [1.165, 1.54) is 12.1 Å². The molecule has 1 aliphatic heterocycles. The van der Waals surface area contributed by atoms with Gasteiger partial charge in [0.2, 0.25) is 5.91 Å². The van der Waals surface area contributed by atoms with E-state index >= 15 is 0 Å². The van der Waals surface area contributed by atoms with Gasteiger partial charge in [-0.05, 0) is 23.6 Å². The summed E-state index contributed by atoms with van der Waals surface area (Å²) >= 11 is 0. The number of rotatable bonds is 6. The van der Waals surface area contributed by atoms with Crippen LogP contribution < -0.4 is 10.2 Å². The van der Waals surface area contributed by atoms with E-state index in [0.717, 1.165) is 21.7 Å². The number of benzene rings is 3. The average Bonchev–Trinajstić information content (AvgIpc) is 3.41. The Hall–Kier alpha value is -5.76. The summed E-state index contributed by atoms with van der Waals surface area (Å²) in [4.78, 5) is 39.4. The number of piperazine rings is 1. The highest BCUT2D eigenvalue weighted by molar-refractivity contribution is 6.09. The normalized spacial score (nSPS) is 14.9. The summed E-state index contributed by atoms with van der Waals surface area (Å²) in [5, 5.41) is 29.4. The number of hydrogen-bond donors (Lipinski definition) is 2. The van der Waals surface area contributed by atoms with Crippen LogP contribution in [0.4, 0.5) is 11.5 Å². The minimum atomic E-state index is -0.479. The topological polar surface area (TPSA) is 140 Å². The Morgan fingerprint density at radius 1 is 1.12 bits per heavy atom. The van der Waals surface area contributed by atoms with Crippen LogP contribution in [0.1, 0.15) is 16.9 Å². The number of aromatic hydroxyl groups is 1. The summed E-state index contributed by atoms with van der Waals surface area (Å²) in [6, 6.07) is 19.7. The molecule has 3 aromatic carbocycles. The van der Waals surface area contributed by atoms with Gasteiger partial charge < -0.3 is 20.2 Å². The number of amides is 2. The fourth-order valence-electron chi connectivity index (χ4n) is 5.54. The van der Waals surface area contributed by atoms with E-state index < -0.39 is 5.91 Å². The zero-order valence-electron chi connectivity index (χ0n) is 23.4. The minimum Gasteiger partial charge on any atom is -0.508 e. The Labute approximate surface area is 247 Å². The maximum atomic E-state index is 13.8. The van der Waals surface area contributed by atoms with Gasteiger partial charge in [0.15, 0.2) is 5.82 Å². The van der Waals surface area contributed by atoms with Crippen molar-refractivity contribution in [2.75, 3.05) is 29.9 Å². The predicted octanol–water partition coefficient (Wildman–Crippen LogP) is 4.26. The van der Waals surface area contributed by atoms with Crippen molar-refractivity contribution in [3.8, 4) is 23.2 Å². The Morgan fingerprint density at radius 3 is 2.77 bits per heavy atom. The van der Waals surface area contributed by atoms with Crippen molar-refractivity contribution in [3.63, 3.8) is 0 Å². The van der Waals surface area contributed by atoms with Crippen LogP contribution in [0.25, 0.3) is 33.1 Å². The molecule has 0 aliphatic carbocycles. The van der Waals surface area contributed by atoms with Crippen LogP contribution in [0.15, 0.2) is 79.5 Å². The Bertz CT molecular complexity index is 1940. The van der Waals surface area contributed by atoms with Crippen LogP contribution in [-0.4, -0.2) is 67.2 Å². The standard InChI is InChI=1S/C32H28N8O3/c1-3-30(42)40-14-13-39(19-21(40)11-12-33)29-17-27(32(43)36-26-16-22(41)15-20-7-4-5-8-23(20)26)35-31(37-29)24-9-6-10-28-25(24)18-34-38(28)2/h3-10,15-18,21,41H,1,11,13-14,19H2,2H3,(H,36,43)/t21-/m0/s1. The van der Waals surface area contributed by atoms with Gasteiger partial charge in [0.25, 0.3) is 5.91 Å². The highest BCUT2D eigenvalue weighted by atomic mass is 16.3. The lowest BCUT2D eigenvalue weighted by Gasteiger charge is -2.40. The summed E-state index contributed by atoms with van der Waals surface area (Å²) in [6.07, 6.45) is 3.13. The van der Waals surface area contributed by atoms with Gasteiger partial charge in [-0.2, -0.15) is 10.4 Å². The molecule has 2 aromatic heterocycles.